The summed E-state index contributed by atoms with van der Waals surface area (Å²) in [5, 5.41) is 8.66. The Morgan fingerprint density at radius 1 is 1.19 bits per heavy atom. The lowest BCUT2D eigenvalue weighted by Gasteiger charge is -2.11. The molecule has 6 nitrogen and oxygen atoms in total. The molecule has 0 aliphatic carbocycles. The van der Waals surface area contributed by atoms with Gasteiger partial charge < -0.3 is 16.0 Å². The summed E-state index contributed by atoms with van der Waals surface area (Å²) in [5.74, 6) is -0.271. The summed E-state index contributed by atoms with van der Waals surface area (Å²) >= 11 is 0. The summed E-state index contributed by atoms with van der Waals surface area (Å²) in [5.41, 5.74) is 2.11. The molecule has 6 heteroatoms. The number of rotatable bonds is 8. The zero-order chi connectivity index (χ0) is 15.7. The van der Waals surface area contributed by atoms with Crippen molar-refractivity contribution in [2.45, 2.75) is 33.6 Å². The lowest BCUT2D eigenvalue weighted by atomic mass is 10.2. The molecule has 2 amide bonds. The van der Waals surface area contributed by atoms with Crippen molar-refractivity contribution in [2.75, 3.05) is 25.0 Å². The van der Waals surface area contributed by atoms with Crippen molar-refractivity contribution < 1.29 is 9.59 Å². The summed E-state index contributed by atoms with van der Waals surface area (Å²) in [7, 11) is 0. The first kappa shape index (κ1) is 16.9. The Hall–Kier alpha value is -2.11. The van der Waals surface area contributed by atoms with E-state index < -0.39 is 0 Å². The monoisotopic (exact) mass is 292 g/mol. The minimum atomic E-state index is -0.221. The lowest BCUT2D eigenvalue weighted by molar-refractivity contribution is -0.120. The van der Waals surface area contributed by atoms with Gasteiger partial charge in [0.15, 0.2) is 0 Å². The highest BCUT2D eigenvalue weighted by molar-refractivity contribution is 5.99. The molecule has 0 unspecified atom stereocenters. The number of hydrogen-bond acceptors (Lipinski definition) is 4. The van der Waals surface area contributed by atoms with Gasteiger partial charge in [0.25, 0.3) is 5.91 Å². The molecule has 0 spiro atoms. The fourth-order valence-corrected chi connectivity index (χ4v) is 1.82. The van der Waals surface area contributed by atoms with Gasteiger partial charge in [-0.25, -0.2) is 0 Å². The Morgan fingerprint density at radius 2 is 1.95 bits per heavy atom. The van der Waals surface area contributed by atoms with Crippen molar-refractivity contribution in [3.8, 4) is 0 Å². The highest BCUT2D eigenvalue weighted by atomic mass is 16.2. The number of nitrogens with zero attached hydrogens (tertiary/aromatic N) is 1. The fraction of sp³-hybridized carbons (Fsp3) is 0.533. The number of anilines is 1. The van der Waals surface area contributed by atoms with Gasteiger partial charge in [0, 0.05) is 37.9 Å². The first-order valence-electron chi connectivity index (χ1n) is 7.33. The molecule has 1 heterocycles. The fourth-order valence-electron chi connectivity index (χ4n) is 1.82. The van der Waals surface area contributed by atoms with Crippen molar-refractivity contribution >= 4 is 17.5 Å². The van der Waals surface area contributed by atoms with Crippen molar-refractivity contribution in [1.82, 2.24) is 15.6 Å². The largest absolute Gasteiger partial charge is 0.385 e. The van der Waals surface area contributed by atoms with Crippen LogP contribution in [0.1, 0.15) is 42.7 Å². The number of pyridine rings is 1. The average molecular weight is 292 g/mol. The number of amides is 2. The van der Waals surface area contributed by atoms with Crippen molar-refractivity contribution in [3.05, 3.63) is 23.5 Å². The summed E-state index contributed by atoms with van der Waals surface area (Å²) in [4.78, 5) is 27.7. The smallest absolute Gasteiger partial charge is 0.254 e. The molecule has 1 aromatic rings. The predicted molar refractivity (Wildman–Crippen MR) is 83.4 cm³/mol. The van der Waals surface area contributed by atoms with Crippen LogP contribution in [0.25, 0.3) is 0 Å². The van der Waals surface area contributed by atoms with E-state index in [4.69, 9.17) is 0 Å². The lowest BCUT2D eigenvalue weighted by Crippen LogP contribution is -2.31. The van der Waals surface area contributed by atoms with Crippen molar-refractivity contribution in [1.29, 1.82) is 0 Å². The Bertz CT molecular complexity index is 489. The quantitative estimate of drug-likeness (QED) is 0.677. The number of hydrogen-bond donors (Lipinski definition) is 3. The second-order valence-electron chi connectivity index (χ2n) is 4.76. The molecule has 3 N–H and O–H groups in total. The second-order valence-corrected chi connectivity index (χ2v) is 4.76. The first-order valence-corrected chi connectivity index (χ1v) is 7.33. The predicted octanol–water partition coefficient (Wildman–Crippen LogP) is 1.47. The van der Waals surface area contributed by atoms with Gasteiger partial charge >= 0.3 is 0 Å². The summed E-state index contributed by atoms with van der Waals surface area (Å²) in [6.45, 7) is 7.54. The van der Waals surface area contributed by atoms with Gasteiger partial charge in [-0.3, -0.25) is 14.6 Å². The molecule has 0 saturated heterocycles. The maximum atomic E-state index is 12.1. The van der Waals surface area contributed by atoms with Crippen LogP contribution in [-0.2, 0) is 4.79 Å². The third-order valence-electron chi connectivity index (χ3n) is 2.86. The van der Waals surface area contributed by atoms with E-state index in [1.807, 2.05) is 26.8 Å². The molecule has 21 heavy (non-hydrogen) atoms. The normalized spacial score (nSPS) is 10.0. The van der Waals surface area contributed by atoms with Crippen LogP contribution in [0.15, 0.2) is 12.3 Å². The van der Waals surface area contributed by atoms with E-state index in [9.17, 15) is 9.59 Å². The van der Waals surface area contributed by atoms with E-state index in [0.29, 0.717) is 18.7 Å². The number of aromatic nitrogens is 1. The van der Waals surface area contributed by atoms with Crippen LogP contribution in [0.2, 0.25) is 0 Å². The summed E-state index contributed by atoms with van der Waals surface area (Å²) < 4.78 is 0. The van der Waals surface area contributed by atoms with Crippen molar-refractivity contribution in [2.24, 2.45) is 0 Å². The number of nitrogens with one attached hydrogen (secondary N) is 3. The standard InChI is InChI=1S/C15H24N4O2/c1-4-7-17-14(20)6-8-18-15(21)12-10-19-11(3)9-13(12)16-5-2/h9-10H,4-8H2,1-3H3,(H,16,19)(H,17,20)(H,18,21). The number of carbonyl (C=O) groups is 2. The molecule has 0 atom stereocenters. The van der Waals surface area contributed by atoms with Crippen LogP contribution in [0.3, 0.4) is 0 Å². The van der Waals surface area contributed by atoms with Gasteiger partial charge in [0.1, 0.15) is 0 Å². The van der Waals surface area contributed by atoms with Crippen LogP contribution in [0, 0.1) is 6.92 Å². The van der Waals surface area contributed by atoms with E-state index in [2.05, 4.69) is 20.9 Å². The van der Waals surface area contributed by atoms with Gasteiger partial charge in [-0.05, 0) is 26.3 Å². The Labute approximate surface area is 125 Å². The molecule has 0 aromatic carbocycles. The number of carbonyl (C=O) groups excluding carboxylic acids is 2. The third kappa shape index (κ3) is 5.81. The molecule has 1 rings (SSSR count). The molecule has 0 radical (unpaired) electrons. The highest BCUT2D eigenvalue weighted by Crippen LogP contribution is 2.15. The topological polar surface area (TPSA) is 83.1 Å². The SMILES string of the molecule is CCCNC(=O)CCNC(=O)c1cnc(C)cc1NCC. The first-order chi connectivity index (χ1) is 10.1. The van der Waals surface area contributed by atoms with Gasteiger partial charge in [-0.2, -0.15) is 0 Å². The van der Waals surface area contributed by atoms with E-state index in [1.54, 1.807) is 6.20 Å². The maximum absolute atomic E-state index is 12.1. The number of aryl methyl sites for hydroxylation is 1. The zero-order valence-electron chi connectivity index (χ0n) is 13.0. The molecule has 0 bridgehead atoms. The third-order valence-corrected chi connectivity index (χ3v) is 2.86. The second kappa shape index (κ2) is 8.94. The molecule has 0 aliphatic heterocycles. The van der Waals surface area contributed by atoms with Crippen LogP contribution in [0.5, 0.6) is 0 Å². The zero-order valence-corrected chi connectivity index (χ0v) is 13.0. The van der Waals surface area contributed by atoms with Gasteiger partial charge in [-0.15, -0.1) is 0 Å². The molecule has 0 aliphatic rings. The summed E-state index contributed by atoms with van der Waals surface area (Å²) in [6.07, 6.45) is 2.74. The van der Waals surface area contributed by atoms with E-state index in [-0.39, 0.29) is 18.2 Å². The Balaban J connectivity index is 2.54. The van der Waals surface area contributed by atoms with Crippen LogP contribution in [-0.4, -0.2) is 36.4 Å². The molecule has 1 aromatic heterocycles. The minimum Gasteiger partial charge on any atom is -0.385 e. The Morgan fingerprint density at radius 3 is 2.62 bits per heavy atom. The molecule has 0 fully saturated rings. The van der Waals surface area contributed by atoms with Crippen LogP contribution >= 0.6 is 0 Å². The Kier molecular flexibility index (Phi) is 7.21. The van der Waals surface area contributed by atoms with E-state index >= 15 is 0 Å². The minimum absolute atomic E-state index is 0.0499. The van der Waals surface area contributed by atoms with Gasteiger partial charge in [0.2, 0.25) is 5.91 Å². The van der Waals surface area contributed by atoms with Crippen LogP contribution in [0.4, 0.5) is 5.69 Å². The van der Waals surface area contributed by atoms with Crippen molar-refractivity contribution in [3.63, 3.8) is 0 Å². The molecular formula is C15H24N4O2. The van der Waals surface area contributed by atoms with Gasteiger partial charge in [0.05, 0.1) is 11.3 Å². The average Bonchev–Trinajstić information content (AvgIpc) is 2.45. The van der Waals surface area contributed by atoms with Crippen LogP contribution < -0.4 is 16.0 Å². The van der Waals surface area contributed by atoms with E-state index in [1.165, 1.54) is 0 Å². The van der Waals surface area contributed by atoms with Gasteiger partial charge in [-0.1, -0.05) is 6.92 Å². The highest BCUT2D eigenvalue weighted by Gasteiger charge is 2.12. The summed E-state index contributed by atoms with van der Waals surface area (Å²) in [6, 6.07) is 1.84. The molecule has 0 saturated carbocycles. The van der Waals surface area contributed by atoms with E-state index in [0.717, 1.165) is 24.3 Å². The maximum Gasteiger partial charge on any atom is 0.254 e. The molecular weight excluding hydrogens is 268 g/mol. The molecule has 116 valence electrons.